The van der Waals surface area contributed by atoms with Gasteiger partial charge in [0.25, 0.3) is 5.89 Å². The van der Waals surface area contributed by atoms with Crippen LogP contribution in [0.1, 0.15) is 12.1 Å². The Morgan fingerprint density at radius 3 is 2.61 bits per heavy atom. The summed E-state index contributed by atoms with van der Waals surface area (Å²) in [6.07, 6.45) is 6.50. The van der Waals surface area contributed by atoms with Crippen LogP contribution in [0.5, 0.6) is 0 Å². The zero-order chi connectivity index (χ0) is 15.5. The van der Waals surface area contributed by atoms with Gasteiger partial charge in [0.15, 0.2) is 0 Å². The predicted octanol–water partition coefficient (Wildman–Crippen LogP) is 2.57. The number of aromatic nitrogens is 4. The van der Waals surface area contributed by atoms with Gasteiger partial charge in [-0.15, -0.1) is 10.2 Å². The van der Waals surface area contributed by atoms with Gasteiger partial charge in [-0.1, -0.05) is 24.3 Å². The second-order valence-electron chi connectivity index (χ2n) is 5.25. The third-order valence-electron chi connectivity index (χ3n) is 3.69. The van der Waals surface area contributed by atoms with Gasteiger partial charge in [-0.2, -0.15) is 0 Å². The van der Waals surface area contributed by atoms with Crippen LogP contribution >= 0.6 is 0 Å². The van der Waals surface area contributed by atoms with Crippen molar-refractivity contribution in [3.63, 3.8) is 0 Å². The van der Waals surface area contributed by atoms with Crippen LogP contribution in [0.4, 0.5) is 0 Å². The van der Waals surface area contributed by atoms with Crippen molar-refractivity contribution in [2.45, 2.75) is 6.42 Å². The Hall–Kier alpha value is -2.86. The molecule has 0 radical (unpaired) electrons. The third kappa shape index (κ3) is 2.89. The van der Waals surface area contributed by atoms with Crippen LogP contribution in [0.25, 0.3) is 28.6 Å². The third-order valence-corrected chi connectivity index (χ3v) is 3.69. The molecular weight excluding hydrogens is 290 g/mol. The molecule has 3 aromatic rings. The fourth-order valence-electron chi connectivity index (χ4n) is 2.50. The van der Waals surface area contributed by atoms with Crippen molar-refractivity contribution in [2.24, 2.45) is 0 Å². The van der Waals surface area contributed by atoms with Gasteiger partial charge in [0.2, 0.25) is 5.89 Å². The molecule has 3 heterocycles. The number of rotatable bonds is 3. The lowest BCUT2D eigenvalue weighted by atomic mass is 10.1. The van der Waals surface area contributed by atoms with Gasteiger partial charge in [0.05, 0.1) is 18.1 Å². The van der Waals surface area contributed by atoms with Crippen molar-refractivity contribution in [3.8, 4) is 23.0 Å². The Labute approximate surface area is 133 Å². The van der Waals surface area contributed by atoms with E-state index in [4.69, 9.17) is 4.42 Å². The van der Waals surface area contributed by atoms with E-state index in [9.17, 15) is 0 Å². The van der Waals surface area contributed by atoms with Gasteiger partial charge < -0.3 is 9.73 Å². The number of nitrogens with one attached hydrogen (secondary N) is 1. The molecule has 0 spiro atoms. The van der Waals surface area contributed by atoms with Crippen molar-refractivity contribution >= 4 is 5.57 Å². The van der Waals surface area contributed by atoms with Gasteiger partial charge in [-0.25, -0.2) is 4.98 Å². The van der Waals surface area contributed by atoms with Crippen molar-refractivity contribution in [3.05, 3.63) is 54.5 Å². The summed E-state index contributed by atoms with van der Waals surface area (Å²) in [5.74, 6) is 0.863. The van der Waals surface area contributed by atoms with Crippen LogP contribution in [-0.2, 0) is 0 Å². The molecule has 0 bridgehead atoms. The molecule has 0 saturated heterocycles. The van der Waals surface area contributed by atoms with Crippen LogP contribution in [0.15, 0.2) is 53.2 Å². The molecule has 1 aliphatic heterocycles. The maximum atomic E-state index is 5.74. The number of benzene rings is 1. The summed E-state index contributed by atoms with van der Waals surface area (Å²) in [6.45, 7) is 1.82. The van der Waals surface area contributed by atoms with E-state index < -0.39 is 0 Å². The second-order valence-corrected chi connectivity index (χ2v) is 5.25. The lowest BCUT2D eigenvalue weighted by Gasteiger charge is -2.13. The maximum absolute atomic E-state index is 5.74. The van der Waals surface area contributed by atoms with Crippen LogP contribution in [0.3, 0.4) is 0 Å². The standard InChI is InChI=1S/C17H15N5O/c1-2-4-13(5-3-1)16-21-22-17(23-16)15-11-19-10-14(20-15)12-6-8-18-9-7-12/h1-6,10-11,18H,7-9H2. The summed E-state index contributed by atoms with van der Waals surface area (Å²) in [4.78, 5) is 8.89. The first-order valence-corrected chi connectivity index (χ1v) is 7.51. The van der Waals surface area contributed by atoms with Gasteiger partial charge in [0.1, 0.15) is 5.69 Å². The zero-order valence-electron chi connectivity index (χ0n) is 12.4. The minimum atomic E-state index is 0.382. The molecule has 6 heteroatoms. The van der Waals surface area contributed by atoms with Gasteiger partial charge in [-0.3, -0.25) is 4.98 Å². The molecule has 6 nitrogen and oxygen atoms in total. The fraction of sp³-hybridized carbons (Fsp3) is 0.176. The predicted molar refractivity (Wildman–Crippen MR) is 86.2 cm³/mol. The van der Waals surface area contributed by atoms with Crippen LogP contribution < -0.4 is 5.32 Å². The Kier molecular flexibility index (Phi) is 3.65. The molecule has 0 unspecified atom stereocenters. The lowest BCUT2D eigenvalue weighted by Crippen LogP contribution is -2.20. The first-order valence-electron chi connectivity index (χ1n) is 7.51. The maximum Gasteiger partial charge on any atom is 0.268 e. The molecule has 4 rings (SSSR count). The summed E-state index contributed by atoms with van der Waals surface area (Å²) in [5.41, 5.74) is 3.54. The molecule has 23 heavy (non-hydrogen) atoms. The number of hydrogen-bond acceptors (Lipinski definition) is 6. The Balaban J connectivity index is 1.66. The van der Waals surface area contributed by atoms with E-state index in [0.717, 1.165) is 30.8 Å². The van der Waals surface area contributed by atoms with Crippen molar-refractivity contribution in [1.29, 1.82) is 0 Å². The second kappa shape index (κ2) is 6.10. The first kappa shape index (κ1) is 13.8. The Morgan fingerprint density at radius 1 is 0.957 bits per heavy atom. The first-order chi connectivity index (χ1) is 11.4. The highest BCUT2D eigenvalue weighted by Gasteiger charge is 2.14. The normalized spacial score (nSPS) is 14.5. The van der Waals surface area contributed by atoms with E-state index >= 15 is 0 Å². The summed E-state index contributed by atoms with van der Waals surface area (Å²) in [7, 11) is 0. The highest BCUT2D eigenvalue weighted by molar-refractivity contribution is 5.65. The van der Waals surface area contributed by atoms with Gasteiger partial charge in [0, 0.05) is 12.1 Å². The molecule has 1 aromatic carbocycles. The van der Waals surface area contributed by atoms with Crippen LogP contribution in [-0.4, -0.2) is 33.3 Å². The highest BCUT2D eigenvalue weighted by Crippen LogP contribution is 2.24. The Morgan fingerprint density at radius 2 is 1.78 bits per heavy atom. The average Bonchev–Trinajstić information content (AvgIpc) is 3.14. The van der Waals surface area contributed by atoms with Gasteiger partial charge in [-0.05, 0) is 30.7 Å². The largest absolute Gasteiger partial charge is 0.415 e. The van der Waals surface area contributed by atoms with Crippen molar-refractivity contribution in [1.82, 2.24) is 25.5 Å². The van der Waals surface area contributed by atoms with Crippen molar-refractivity contribution in [2.75, 3.05) is 13.1 Å². The minimum absolute atomic E-state index is 0.382. The van der Waals surface area contributed by atoms with Crippen molar-refractivity contribution < 1.29 is 4.42 Å². The van der Waals surface area contributed by atoms with Crippen LogP contribution in [0, 0.1) is 0 Å². The number of hydrogen-bond donors (Lipinski definition) is 1. The van der Waals surface area contributed by atoms with E-state index in [1.165, 1.54) is 5.57 Å². The monoisotopic (exact) mass is 305 g/mol. The van der Waals surface area contributed by atoms with E-state index in [0.29, 0.717) is 17.5 Å². The molecule has 0 fully saturated rings. The zero-order valence-corrected chi connectivity index (χ0v) is 12.4. The van der Waals surface area contributed by atoms with E-state index in [2.05, 4.69) is 31.6 Å². The molecule has 0 aliphatic carbocycles. The quantitative estimate of drug-likeness (QED) is 0.801. The molecule has 0 atom stereocenters. The summed E-state index contributed by atoms with van der Waals surface area (Å²) in [5, 5.41) is 11.5. The molecule has 0 saturated carbocycles. The highest BCUT2D eigenvalue weighted by atomic mass is 16.4. The summed E-state index contributed by atoms with van der Waals surface area (Å²) >= 11 is 0. The summed E-state index contributed by atoms with van der Waals surface area (Å²) in [6, 6.07) is 9.67. The average molecular weight is 305 g/mol. The molecule has 114 valence electrons. The smallest absolute Gasteiger partial charge is 0.268 e. The molecule has 1 aliphatic rings. The minimum Gasteiger partial charge on any atom is -0.415 e. The molecular formula is C17H15N5O. The Bertz CT molecular complexity index is 841. The molecule has 2 aromatic heterocycles. The topological polar surface area (TPSA) is 76.7 Å². The number of nitrogens with zero attached hydrogens (tertiary/aromatic N) is 4. The fourth-order valence-corrected chi connectivity index (χ4v) is 2.50. The molecule has 1 N–H and O–H groups in total. The summed E-state index contributed by atoms with van der Waals surface area (Å²) < 4.78 is 5.74. The van der Waals surface area contributed by atoms with Gasteiger partial charge >= 0.3 is 0 Å². The van der Waals surface area contributed by atoms with E-state index in [1.54, 1.807) is 12.4 Å². The van der Waals surface area contributed by atoms with E-state index in [1.807, 2.05) is 30.3 Å². The SMILES string of the molecule is C1=C(c2cncc(-c3nnc(-c4ccccc4)o3)n2)CCNC1. The van der Waals surface area contributed by atoms with Crippen LogP contribution in [0.2, 0.25) is 0 Å². The van der Waals surface area contributed by atoms with E-state index in [-0.39, 0.29) is 0 Å². The lowest BCUT2D eigenvalue weighted by molar-refractivity contribution is 0.581. The molecule has 0 amide bonds.